The summed E-state index contributed by atoms with van der Waals surface area (Å²) in [6, 6.07) is 9.36. The average molecular weight is 231 g/mol. The Morgan fingerprint density at radius 3 is 2.94 bits per heavy atom. The topological polar surface area (TPSA) is 48.4 Å². The van der Waals surface area contributed by atoms with Crippen LogP contribution in [0.3, 0.4) is 0 Å². The maximum atomic E-state index is 11.2. The number of benzene rings is 1. The molecule has 1 aromatic heterocycles. The fourth-order valence-corrected chi connectivity index (χ4v) is 1.54. The minimum absolute atomic E-state index is 0.397. The number of rotatable bonds is 3. The first-order chi connectivity index (χ1) is 8.20. The van der Waals surface area contributed by atoms with Gasteiger partial charge in [0.2, 0.25) is 0 Å². The van der Waals surface area contributed by atoms with Crippen LogP contribution in [0.4, 0.5) is 0 Å². The number of aromatic nitrogens is 1. The van der Waals surface area contributed by atoms with E-state index in [0.717, 1.165) is 10.9 Å². The summed E-state index contributed by atoms with van der Waals surface area (Å²) in [5, 5.41) is 1.03. The van der Waals surface area contributed by atoms with Crippen molar-refractivity contribution >= 4 is 16.9 Å². The van der Waals surface area contributed by atoms with Crippen LogP contribution in [0.1, 0.15) is 6.92 Å². The molecule has 4 nitrogen and oxygen atoms in total. The van der Waals surface area contributed by atoms with Crippen LogP contribution in [-0.2, 0) is 9.53 Å². The van der Waals surface area contributed by atoms with Gasteiger partial charge in [-0.15, -0.1) is 0 Å². The van der Waals surface area contributed by atoms with Crippen LogP contribution in [0, 0.1) is 0 Å². The zero-order valence-electron chi connectivity index (χ0n) is 9.71. The maximum absolute atomic E-state index is 11.2. The van der Waals surface area contributed by atoms with Crippen molar-refractivity contribution in [2.75, 3.05) is 7.11 Å². The Hall–Kier alpha value is -2.10. The Labute approximate surface area is 99.2 Å². The Kier molecular flexibility index (Phi) is 3.23. The Balaban J connectivity index is 2.22. The van der Waals surface area contributed by atoms with Gasteiger partial charge in [0.05, 0.1) is 12.6 Å². The molecular weight excluding hydrogens is 218 g/mol. The molecule has 4 heteroatoms. The van der Waals surface area contributed by atoms with Gasteiger partial charge in [-0.25, -0.2) is 4.79 Å². The quantitative estimate of drug-likeness (QED) is 0.759. The highest BCUT2D eigenvalue weighted by Gasteiger charge is 2.14. The summed E-state index contributed by atoms with van der Waals surface area (Å²) in [6.07, 6.45) is 1.09. The molecule has 2 aromatic rings. The molecule has 0 saturated carbocycles. The van der Waals surface area contributed by atoms with E-state index in [0.29, 0.717) is 5.75 Å². The lowest BCUT2D eigenvalue weighted by atomic mass is 10.2. The van der Waals surface area contributed by atoms with Crippen molar-refractivity contribution in [3.8, 4) is 5.75 Å². The number of hydrogen-bond donors (Lipinski definition) is 0. The Bertz CT molecular complexity index is 539. The molecule has 0 fully saturated rings. The van der Waals surface area contributed by atoms with E-state index in [4.69, 9.17) is 4.74 Å². The zero-order chi connectivity index (χ0) is 12.3. The third-order valence-corrected chi connectivity index (χ3v) is 2.42. The third kappa shape index (κ3) is 2.53. The average Bonchev–Trinajstić information content (AvgIpc) is 2.37. The second-order valence-corrected chi connectivity index (χ2v) is 3.64. The molecule has 88 valence electrons. The first kappa shape index (κ1) is 11.4. The predicted octanol–water partition coefficient (Wildman–Crippen LogP) is 2.18. The molecule has 0 saturated heterocycles. The van der Waals surface area contributed by atoms with Crippen LogP contribution < -0.4 is 4.74 Å². The highest BCUT2D eigenvalue weighted by Crippen LogP contribution is 2.19. The second-order valence-electron chi connectivity index (χ2n) is 3.64. The van der Waals surface area contributed by atoms with Gasteiger partial charge in [-0.3, -0.25) is 4.98 Å². The van der Waals surface area contributed by atoms with Crippen LogP contribution in [0.2, 0.25) is 0 Å². The fraction of sp³-hybridized carbons (Fsp3) is 0.231. The van der Waals surface area contributed by atoms with Gasteiger partial charge in [-0.05, 0) is 25.1 Å². The molecule has 1 aromatic carbocycles. The van der Waals surface area contributed by atoms with Crippen molar-refractivity contribution in [3.63, 3.8) is 0 Å². The van der Waals surface area contributed by atoms with Gasteiger partial charge < -0.3 is 9.47 Å². The van der Waals surface area contributed by atoms with Gasteiger partial charge in [0.15, 0.2) is 6.10 Å². The van der Waals surface area contributed by atoms with Gasteiger partial charge >= 0.3 is 5.97 Å². The lowest BCUT2D eigenvalue weighted by molar-refractivity contribution is -0.147. The summed E-state index contributed by atoms with van der Waals surface area (Å²) >= 11 is 0. The van der Waals surface area contributed by atoms with Gasteiger partial charge in [-0.2, -0.15) is 0 Å². The molecule has 0 N–H and O–H groups in total. The molecule has 1 heterocycles. The predicted molar refractivity (Wildman–Crippen MR) is 63.8 cm³/mol. The number of esters is 1. The van der Waals surface area contributed by atoms with Gasteiger partial charge in [0.25, 0.3) is 0 Å². The third-order valence-electron chi connectivity index (χ3n) is 2.42. The monoisotopic (exact) mass is 231 g/mol. The second kappa shape index (κ2) is 4.82. The number of nitrogens with zero attached hydrogens (tertiary/aromatic N) is 1. The van der Waals surface area contributed by atoms with E-state index in [-0.39, 0.29) is 0 Å². The number of carbonyl (C=O) groups is 1. The van der Waals surface area contributed by atoms with Crippen LogP contribution in [-0.4, -0.2) is 24.2 Å². The molecule has 17 heavy (non-hydrogen) atoms. The summed E-state index contributed by atoms with van der Waals surface area (Å²) in [5.74, 6) is 0.209. The first-order valence-electron chi connectivity index (χ1n) is 5.30. The van der Waals surface area contributed by atoms with Crippen LogP contribution >= 0.6 is 0 Å². The van der Waals surface area contributed by atoms with E-state index in [1.165, 1.54) is 7.11 Å². The molecule has 0 bridgehead atoms. The van der Waals surface area contributed by atoms with E-state index >= 15 is 0 Å². The van der Waals surface area contributed by atoms with Gasteiger partial charge in [0, 0.05) is 17.6 Å². The van der Waals surface area contributed by atoms with E-state index in [9.17, 15) is 4.79 Å². The number of ether oxygens (including phenoxy) is 2. The lowest BCUT2D eigenvalue weighted by Crippen LogP contribution is -2.24. The number of hydrogen-bond acceptors (Lipinski definition) is 4. The molecule has 1 atom stereocenters. The highest BCUT2D eigenvalue weighted by molar-refractivity contribution is 5.80. The molecule has 2 rings (SSSR count). The smallest absolute Gasteiger partial charge is 0.346 e. The van der Waals surface area contributed by atoms with Crippen molar-refractivity contribution < 1.29 is 14.3 Å². The minimum Gasteiger partial charge on any atom is -0.479 e. The Morgan fingerprint density at radius 2 is 2.18 bits per heavy atom. The van der Waals surface area contributed by atoms with Crippen molar-refractivity contribution in [3.05, 3.63) is 36.5 Å². The molecule has 0 radical (unpaired) electrons. The van der Waals surface area contributed by atoms with Crippen LogP contribution in [0.15, 0.2) is 36.5 Å². The summed E-state index contributed by atoms with van der Waals surface area (Å²) in [6.45, 7) is 1.65. The molecule has 0 spiro atoms. The number of fused-ring (bicyclic) bond motifs is 1. The molecule has 1 unspecified atom stereocenters. The summed E-state index contributed by atoms with van der Waals surface area (Å²) in [7, 11) is 1.34. The summed E-state index contributed by atoms with van der Waals surface area (Å²) < 4.78 is 10.1. The van der Waals surface area contributed by atoms with Gasteiger partial charge in [-0.1, -0.05) is 6.07 Å². The molecule has 0 aliphatic rings. The zero-order valence-corrected chi connectivity index (χ0v) is 9.71. The number of methoxy groups -OCH3 is 1. The highest BCUT2D eigenvalue weighted by atomic mass is 16.6. The minimum atomic E-state index is -0.624. The van der Waals surface area contributed by atoms with Crippen molar-refractivity contribution in [1.29, 1.82) is 0 Å². The fourth-order valence-electron chi connectivity index (χ4n) is 1.54. The van der Waals surface area contributed by atoms with Crippen molar-refractivity contribution in [2.24, 2.45) is 0 Å². The maximum Gasteiger partial charge on any atom is 0.346 e. The summed E-state index contributed by atoms with van der Waals surface area (Å²) in [4.78, 5) is 15.4. The van der Waals surface area contributed by atoms with E-state index in [2.05, 4.69) is 9.72 Å². The van der Waals surface area contributed by atoms with E-state index < -0.39 is 12.1 Å². The van der Waals surface area contributed by atoms with Crippen LogP contribution in [0.25, 0.3) is 10.9 Å². The molecule has 0 amide bonds. The largest absolute Gasteiger partial charge is 0.479 e. The first-order valence-corrected chi connectivity index (χ1v) is 5.30. The lowest BCUT2D eigenvalue weighted by Gasteiger charge is -2.12. The van der Waals surface area contributed by atoms with Crippen LogP contribution in [0.5, 0.6) is 5.75 Å². The number of pyridine rings is 1. The Morgan fingerprint density at radius 1 is 1.35 bits per heavy atom. The van der Waals surface area contributed by atoms with E-state index in [1.807, 2.05) is 24.3 Å². The normalized spacial score (nSPS) is 12.1. The molecular formula is C13H13NO3. The molecule has 0 aliphatic heterocycles. The number of carbonyl (C=O) groups excluding carboxylic acids is 1. The van der Waals surface area contributed by atoms with Crippen molar-refractivity contribution in [2.45, 2.75) is 13.0 Å². The standard InChI is InChI=1S/C13H13NO3/c1-9(13(15)16-2)17-11-6-5-10-4-3-7-14-12(10)8-11/h3-9H,1-2H3. The SMILES string of the molecule is COC(=O)C(C)Oc1ccc2cccnc2c1. The van der Waals surface area contributed by atoms with Crippen molar-refractivity contribution in [1.82, 2.24) is 4.98 Å². The van der Waals surface area contributed by atoms with Gasteiger partial charge in [0.1, 0.15) is 5.75 Å². The molecule has 0 aliphatic carbocycles. The van der Waals surface area contributed by atoms with E-state index in [1.54, 1.807) is 19.2 Å². The summed E-state index contributed by atoms with van der Waals surface area (Å²) in [5.41, 5.74) is 0.835.